The maximum atomic E-state index is 12.5. The summed E-state index contributed by atoms with van der Waals surface area (Å²) in [5.41, 5.74) is 0.764. The standard InChI is InChI=1S/C15H22F2N2O/c1-3-11-10-19(12(4-2)9-18-11)13-7-5-6-8-14(13)20-15(16)17/h5-8,11-12,15,18H,3-4,9-10H2,1-2H3. The van der Waals surface area contributed by atoms with Crippen LogP contribution in [0, 0.1) is 0 Å². The Bertz CT molecular complexity index is 428. The first-order valence-corrected chi connectivity index (χ1v) is 7.19. The highest BCUT2D eigenvalue weighted by Crippen LogP contribution is 2.32. The van der Waals surface area contributed by atoms with Crippen molar-refractivity contribution in [3.8, 4) is 5.75 Å². The van der Waals surface area contributed by atoms with E-state index >= 15 is 0 Å². The van der Waals surface area contributed by atoms with Crippen molar-refractivity contribution < 1.29 is 13.5 Å². The molecule has 112 valence electrons. The summed E-state index contributed by atoms with van der Waals surface area (Å²) >= 11 is 0. The number of hydrogen-bond acceptors (Lipinski definition) is 3. The molecule has 1 aromatic carbocycles. The van der Waals surface area contributed by atoms with Crippen LogP contribution in [0.15, 0.2) is 24.3 Å². The Morgan fingerprint density at radius 3 is 2.70 bits per heavy atom. The lowest BCUT2D eigenvalue weighted by Gasteiger charge is -2.42. The Kier molecular flexibility index (Phi) is 5.17. The topological polar surface area (TPSA) is 24.5 Å². The second-order valence-electron chi connectivity index (χ2n) is 5.07. The lowest BCUT2D eigenvalue weighted by molar-refractivity contribution is -0.0495. The molecule has 1 fully saturated rings. The molecule has 0 spiro atoms. The minimum atomic E-state index is -2.79. The molecule has 0 aliphatic carbocycles. The first kappa shape index (κ1) is 15.0. The molecule has 1 aliphatic heterocycles. The summed E-state index contributed by atoms with van der Waals surface area (Å²) in [6.45, 7) is 3.14. The first-order valence-electron chi connectivity index (χ1n) is 7.19. The largest absolute Gasteiger partial charge is 0.433 e. The zero-order chi connectivity index (χ0) is 14.5. The van der Waals surface area contributed by atoms with E-state index in [9.17, 15) is 8.78 Å². The lowest BCUT2D eigenvalue weighted by Crippen LogP contribution is -2.56. The number of alkyl halides is 2. The molecule has 1 aliphatic rings. The number of hydrogen-bond donors (Lipinski definition) is 1. The van der Waals surface area contributed by atoms with Gasteiger partial charge in [-0.2, -0.15) is 8.78 Å². The molecule has 2 atom stereocenters. The zero-order valence-electron chi connectivity index (χ0n) is 12.0. The van der Waals surface area contributed by atoms with Gasteiger partial charge in [-0.25, -0.2) is 0 Å². The molecule has 1 heterocycles. The van der Waals surface area contributed by atoms with E-state index in [0.29, 0.717) is 12.1 Å². The van der Waals surface area contributed by atoms with Crippen molar-refractivity contribution in [2.75, 3.05) is 18.0 Å². The third kappa shape index (κ3) is 3.39. The van der Waals surface area contributed by atoms with E-state index in [0.717, 1.165) is 31.6 Å². The molecule has 0 saturated carbocycles. The summed E-state index contributed by atoms with van der Waals surface area (Å²) in [4.78, 5) is 2.20. The van der Waals surface area contributed by atoms with Gasteiger partial charge in [-0.15, -0.1) is 0 Å². The van der Waals surface area contributed by atoms with Crippen LogP contribution in [-0.4, -0.2) is 31.8 Å². The SMILES string of the molecule is CCC1CN(c2ccccc2OC(F)F)C(CC)CN1. The number of benzene rings is 1. The van der Waals surface area contributed by atoms with Crippen LogP contribution in [0.5, 0.6) is 5.75 Å². The van der Waals surface area contributed by atoms with E-state index in [-0.39, 0.29) is 5.75 Å². The normalized spacial score (nSPS) is 23.1. The molecular formula is C15H22F2N2O. The van der Waals surface area contributed by atoms with Crippen molar-refractivity contribution in [2.24, 2.45) is 0 Å². The highest BCUT2D eigenvalue weighted by atomic mass is 19.3. The average molecular weight is 284 g/mol. The van der Waals surface area contributed by atoms with Crippen LogP contribution in [0.25, 0.3) is 0 Å². The highest BCUT2D eigenvalue weighted by molar-refractivity contribution is 5.59. The summed E-state index contributed by atoms with van der Waals surface area (Å²) in [6, 6.07) is 7.75. The van der Waals surface area contributed by atoms with E-state index in [2.05, 4.69) is 28.8 Å². The van der Waals surface area contributed by atoms with E-state index in [1.807, 2.05) is 12.1 Å². The number of para-hydroxylation sites is 2. The molecule has 0 bridgehead atoms. The van der Waals surface area contributed by atoms with Crippen LogP contribution in [0.2, 0.25) is 0 Å². The number of ether oxygens (including phenoxy) is 1. The Labute approximate surface area is 118 Å². The second kappa shape index (κ2) is 6.88. The van der Waals surface area contributed by atoms with Gasteiger partial charge in [-0.3, -0.25) is 0 Å². The van der Waals surface area contributed by atoms with Crippen LogP contribution in [-0.2, 0) is 0 Å². The van der Waals surface area contributed by atoms with Gasteiger partial charge in [-0.1, -0.05) is 26.0 Å². The number of nitrogens with zero attached hydrogens (tertiary/aromatic N) is 1. The van der Waals surface area contributed by atoms with Crippen LogP contribution in [0.4, 0.5) is 14.5 Å². The van der Waals surface area contributed by atoms with Gasteiger partial charge in [0.1, 0.15) is 5.75 Å². The Balaban J connectivity index is 2.26. The molecule has 2 rings (SSSR count). The lowest BCUT2D eigenvalue weighted by atomic mass is 10.0. The van der Waals surface area contributed by atoms with E-state index < -0.39 is 6.61 Å². The summed E-state index contributed by atoms with van der Waals surface area (Å²) in [5, 5.41) is 3.50. The monoisotopic (exact) mass is 284 g/mol. The molecule has 1 aromatic rings. The zero-order valence-corrected chi connectivity index (χ0v) is 12.0. The third-order valence-corrected chi connectivity index (χ3v) is 3.85. The Morgan fingerprint density at radius 1 is 1.30 bits per heavy atom. The first-order chi connectivity index (χ1) is 9.65. The van der Waals surface area contributed by atoms with Gasteiger partial charge in [0, 0.05) is 25.2 Å². The minimum Gasteiger partial charge on any atom is -0.433 e. The second-order valence-corrected chi connectivity index (χ2v) is 5.07. The van der Waals surface area contributed by atoms with Crippen LogP contribution in [0.3, 0.4) is 0 Å². The van der Waals surface area contributed by atoms with Gasteiger partial charge in [-0.05, 0) is 25.0 Å². The van der Waals surface area contributed by atoms with Crippen LogP contribution < -0.4 is 15.0 Å². The molecule has 0 radical (unpaired) electrons. The molecule has 20 heavy (non-hydrogen) atoms. The smallest absolute Gasteiger partial charge is 0.387 e. The minimum absolute atomic E-state index is 0.262. The van der Waals surface area contributed by atoms with E-state index in [1.165, 1.54) is 0 Å². The fourth-order valence-electron chi connectivity index (χ4n) is 2.69. The number of anilines is 1. The van der Waals surface area contributed by atoms with Crippen molar-refractivity contribution in [1.82, 2.24) is 5.32 Å². The molecule has 2 unspecified atom stereocenters. The van der Waals surface area contributed by atoms with Crippen molar-refractivity contribution in [1.29, 1.82) is 0 Å². The number of piperazine rings is 1. The molecule has 1 saturated heterocycles. The number of rotatable bonds is 5. The van der Waals surface area contributed by atoms with E-state index in [1.54, 1.807) is 12.1 Å². The van der Waals surface area contributed by atoms with Gasteiger partial charge in [0.25, 0.3) is 0 Å². The maximum absolute atomic E-state index is 12.5. The van der Waals surface area contributed by atoms with Crippen molar-refractivity contribution >= 4 is 5.69 Å². The van der Waals surface area contributed by atoms with Crippen molar-refractivity contribution in [3.05, 3.63) is 24.3 Å². The number of halogens is 2. The van der Waals surface area contributed by atoms with Crippen LogP contribution >= 0.6 is 0 Å². The van der Waals surface area contributed by atoms with Gasteiger partial charge in [0.05, 0.1) is 5.69 Å². The molecule has 0 amide bonds. The summed E-state index contributed by atoms with van der Waals surface area (Å²) in [6.07, 6.45) is 1.98. The highest BCUT2D eigenvalue weighted by Gasteiger charge is 2.28. The van der Waals surface area contributed by atoms with Gasteiger partial charge >= 0.3 is 6.61 Å². The van der Waals surface area contributed by atoms with Crippen molar-refractivity contribution in [3.63, 3.8) is 0 Å². The predicted octanol–water partition coefficient (Wildman–Crippen LogP) is 3.25. The molecular weight excluding hydrogens is 262 g/mol. The summed E-state index contributed by atoms with van der Waals surface area (Å²) in [5.74, 6) is 0.262. The number of nitrogens with one attached hydrogen (secondary N) is 1. The fraction of sp³-hybridized carbons (Fsp3) is 0.600. The van der Waals surface area contributed by atoms with Crippen molar-refractivity contribution in [2.45, 2.75) is 45.4 Å². The van der Waals surface area contributed by atoms with Gasteiger partial charge in [0.15, 0.2) is 0 Å². The summed E-state index contributed by atoms with van der Waals surface area (Å²) in [7, 11) is 0. The summed E-state index contributed by atoms with van der Waals surface area (Å²) < 4.78 is 29.7. The average Bonchev–Trinajstić information content (AvgIpc) is 2.46. The van der Waals surface area contributed by atoms with Crippen LogP contribution in [0.1, 0.15) is 26.7 Å². The van der Waals surface area contributed by atoms with Gasteiger partial charge in [0.2, 0.25) is 0 Å². The maximum Gasteiger partial charge on any atom is 0.387 e. The predicted molar refractivity (Wildman–Crippen MR) is 76.6 cm³/mol. The molecule has 3 nitrogen and oxygen atoms in total. The van der Waals surface area contributed by atoms with Gasteiger partial charge < -0.3 is 15.0 Å². The Morgan fingerprint density at radius 2 is 2.05 bits per heavy atom. The Hall–Kier alpha value is -1.36. The molecule has 5 heteroatoms. The molecule has 1 N–H and O–H groups in total. The van der Waals surface area contributed by atoms with E-state index in [4.69, 9.17) is 0 Å². The quantitative estimate of drug-likeness (QED) is 0.898. The fourth-order valence-corrected chi connectivity index (χ4v) is 2.69. The molecule has 0 aromatic heterocycles. The third-order valence-electron chi connectivity index (χ3n) is 3.85.